The zero-order valence-corrected chi connectivity index (χ0v) is 12.0. The second kappa shape index (κ2) is 7.08. The Balaban J connectivity index is 1.98. The van der Waals surface area contributed by atoms with Crippen LogP contribution in [0.25, 0.3) is 0 Å². The molecule has 0 amide bonds. The molecule has 1 aromatic rings. The summed E-state index contributed by atoms with van der Waals surface area (Å²) >= 11 is 0. The van der Waals surface area contributed by atoms with Crippen LogP contribution in [0.5, 0.6) is 5.75 Å². The van der Waals surface area contributed by atoms with Crippen LogP contribution in [-0.4, -0.2) is 42.6 Å². The fraction of sp³-hybridized carbons (Fsp3) is 0.467. The van der Waals surface area contributed by atoms with E-state index in [0.29, 0.717) is 25.1 Å². The Morgan fingerprint density at radius 3 is 3.00 bits per heavy atom. The number of carbonyl (C=O) groups is 2. The highest BCUT2D eigenvalue weighted by Gasteiger charge is 2.18. The van der Waals surface area contributed by atoms with Crippen LogP contribution in [0.4, 0.5) is 5.69 Å². The van der Waals surface area contributed by atoms with Gasteiger partial charge in [0.15, 0.2) is 5.78 Å². The molecule has 2 rings (SSSR count). The number of carboxylic acid groups (broad SMARTS) is 1. The largest absolute Gasteiger partial charge is 0.490 e. The van der Waals surface area contributed by atoms with Gasteiger partial charge in [0.2, 0.25) is 0 Å². The minimum atomic E-state index is -0.926. The molecule has 1 aliphatic rings. The lowest BCUT2D eigenvalue weighted by atomic mass is 10.1. The van der Waals surface area contributed by atoms with Gasteiger partial charge < -0.3 is 15.2 Å². The standard InChI is InChI=1S/C15H20N2O4/c1-2-3-11(15(19)20)17-9-13(18)10-4-5-14-12(8-10)16-6-7-21-14/h4-5,8,11,16-17H,2-3,6-7,9H2,1H3,(H,19,20). The first-order valence-corrected chi connectivity index (χ1v) is 7.12. The molecule has 1 heterocycles. The topological polar surface area (TPSA) is 87.7 Å². The average molecular weight is 292 g/mol. The van der Waals surface area contributed by atoms with E-state index in [1.165, 1.54) is 0 Å². The number of rotatable bonds is 7. The van der Waals surface area contributed by atoms with Gasteiger partial charge in [0.05, 0.1) is 12.2 Å². The zero-order chi connectivity index (χ0) is 15.2. The Morgan fingerprint density at radius 1 is 1.48 bits per heavy atom. The van der Waals surface area contributed by atoms with Crippen molar-refractivity contribution in [3.8, 4) is 5.75 Å². The number of hydrogen-bond donors (Lipinski definition) is 3. The molecule has 0 aromatic heterocycles. The van der Waals surface area contributed by atoms with Crippen molar-refractivity contribution in [2.24, 2.45) is 0 Å². The number of ketones is 1. The molecule has 0 spiro atoms. The third kappa shape index (κ3) is 3.95. The van der Waals surface area contributed by atoms with E-state index in [1.54, 1.807) is 18.2 Å². The van der Waals surface area contributed by atoms with Crippen molar-refractivity contribution in [3.63, 3.8) is 0 Å². The van der Waals surface area contributed by atoms with Gasteiger partial charge >= 0.3 is 5.97 Å². The lowest BCUT2D eigenvalue weighted by molar-refractivity contribution is -0.139. The number of anilines is 1. The maximum atomic E-state index is 12.1. The molecule has 1 atom stereocenters. The van der Waals surface area contributed by atoms with E-state index in [9.17, 15) is 9.59 Å². The van der Waals surface area contributed by atoms with Crippen molar-refractivity contribution in [2.45, 2.75) is 25.8 Å². The molecule has 1 aromatic carbocycles. The smallest absolute Gasteiger partial charge is 0.320 e. The molecule has 0 aliphatic carbocycles. The fourth-order valence-electron chi connectivity index (χ4n) is 2.23. The van der Waals surface area contributed by atoms with Gasteiger partial charge in [-0.05, 0) is 24.6 Å². The van der Waals surface area contributed by atoms with Gasteiger partial charge in [0.25, 0.3) is 0 Å². The molecule has 1 unspecified atom stereocenters. The average Bonchev–Trinajstić information content (AvgIpc) is 2.50. The third-order valence-electron chi connectivity index (χ3n) is 3.36. The molecule has 6 nitrogen and oxygen atoms in total. The second-order valence-electron chi connectivity index (χ2n) is 4.97. The van der Waals surface area contributed by atoms with Crippen molar-refractivity contribution in [3.05, 3.63) is 23.8 Å². The van der Waals surface area contributed by atoms with Crippen LogP contribution in [0.3, 0.4) is 0 Å². The van der Waals surface area contributed by atoms with Crippen LogP contribution in [0.1, 0.15) is 30.1 Å². The van der Waals surface area contributed by atoms with Gasteiger partial charge in [-0.2, -0.15) is 0 Å². The van der Waals surface area contributed by atoms with Gasteiger partial charge in [-0.1, -0.05) is 13.3 Å². The quantitative estimate of drug-likeness (QED) is 0.660. The SMILES string of the molecule is CCCC(NCC(=O)c1ccc2c(c1)NCCO2)C(=O)O. The highest BCUT2D eigenvalue weighted by atomic mass is 16.5. The van der Waals surface area contributed by atoms with Crippen molar-refractivity contribution >= 4 is 17.4 Å². The first-order chi connectivity index (χ1) is 10.1. The van der Waals surface area contributed by atoms with Gasteiger partial charge in [-0.3, -0.25) is 14.9 Å². The number of hydrogen-bond acceptors (Lipinski definition) is 5. The highest BCUT2D eigenvalue weighted by Crippen LogP contribution is 2.28. The summed E-state index contributed by atoms with van der Waals surface area (Å²) in [5, 5.41) is 15.0. The summed E-state index contributed by atoms with van der Waals surface area (Å²) in [6, 6.07) is 4.52. The van der Waals surface area contributed by atoms with Crippen LogP contribution < -0.4 is 15.4 Å². The summed E-state index contributed by atoms with van der Waals surface area (Å²) in [6.07, 6.45) is 1.25. The maximum Gasteiger partial charge on any atom is 0.320 e. The van der Waals surface area contributed by atoms with E-state index >= 15 is 0 Å². The van der Waals surface area contributed by atoms with Gasteiger partial charge in [0.1, 0.15) is 18.4 Å². The number of carbonyl (C=O) groups excluding carboxylic acids is 1. The van der Waals surface area contributed by atoms with Crippen molar-refractivity contribution in [1.29, 1.82) is 0 Å². The number of nitrogens with one attached hydrogen (secondary N) is 2. The highest BCUT2D eigenvalue weighted by molar-refractivity contribution is 5.99. The first-order valence-electron chi connectivity index (χ1n) is 7.12. The number of carboxylic acids is 1. The predicted molar refractivity (Wildman–Crippen MR) is 79.1 cm³/mol. The molecule has 0 saturated heterocycles. The van der Waals surface area contributed by atoms with E-state index < -0.39 is 12.0 Å². The minimum Gasteiger partial charge on any atom is -0.490 e. The van der Waals surface area contributed by atoms with E-state index in [2.05, 4.69) is 10.6 Å². The van der Waals surface area contributed by atoms with E-state index in [1.807, 2.05) is 6.92 Å². The Labute approximate surface area is 123 Å². The normalized spacial score (nSPS) is 14.5. The summed E-state index contributed by atoms with van der Waals surface area (Å²) in [6.45, 7) is 3.24. The van der Waals surface area contributed by atoms with Crippen LogP contribution >= 0.6 is 0 Å². The molecular formula is C15H20N2O4. The molecule has 0 fully saturated rings. The Bertz CT molecular complexity index is 530. The molecule has 114 valence electrons. The lowest BCUT2D eigenvalue weighted by Gasteiger charge is -2.19. The predicted octanol–water partition coefficient (Wildman–Crippen LogP) is 1.52. The number of aliphatic carboxylic acids is 1. The van der Waals surface area contributed by atoms with Crippen LogP contribution in [-0.2, 0) is 4.79 Å². The molecule has 0 saturated carbocycles. The zero-order valence-electron chi connectivity index (χ0n) is 12.0. The van der Waals surface area contributed by atoms with Crippen molar-refractivity contribution in [2.75, 3.05) is 25.0 Å². The van der Waals surface area contributed by atoms with E-state index in [-0.39, 0.29) is 12.3 Å². The molecular weight excluding hydrogens is 272 g/mol. The molecule has 1 aliphatic heterocycles. The Hall–Kier alpha value is -2.08. The molecule has 0 bridgehead atoms. The fourth-order valence-corrected chi connectivity index (χ4v) is 2.23. The van der Waals surface area contributed by atoms with E-state index in [0.717, 1.165) is 17.9 Å². The van der Waals surface area contributed by atoms with Gasteiger partial charge in [-0.15, -0.1) is 0 Å². The first kappa shape index (κ1) is 15.3. The van der Waals surface area contributed by atoms with Crippen molar-refractivity contribution in [1.82, 2.24) is 5.32 Å². The number of ether oxygens (including phenoxy) is 1. The third-order valence-corrected chi connectivity index (χ3v) is 3.36. The molecule has 3 N–H and O–H groups in total. The number of benzene rings is 1. The molecule has 6 heteroatoms. The summed E-state index contributed by atoms with van der Waals surface area (Å²) < 4.78 is 5.45. The van der Waals surface area contributed by atoms with E-state index in [4.69, 9.17) is 9.84 Å². The summed E-state index contributed by atoms with van der Waals surface area (Å²) in [5.74, 6) is -0.321. The van der Waals surface area contributed by atoms with Gasteiger partial charge in [0, 0.05) is 12.1 Å². The second-order valence-corrected chi connectivity index (χ2v) is 4.97. The lowest BCUT2D eigenvalue weighted by Crippen LogP contribution is -2.39. The summed E-state index contributed by atoms with van der Waals surface area (Å²) in [4.78, 5) is 23.2. The maximum absolute atomic E-state index is 12.1. The number of fused-ring (bicyclic) bond motifs is 1. The Morgan fingerprint density at radius 2 is 2.29 bits per heavy atom. The molecule has 0 radical (unpaired) electrons. The summed E-state index contributed by atoms with van der Waals surface area (Å²) in [5.41, 5.74) is 1.34. The van der Waals surface area contributed by atoms with Crippen molar-refractivity contribution < 1.29 is 19.4 Å². The minimum absolute atomic E-state index is 0.0105. The summed E-state index contributed by atoms with van der Waals surface area (Å²) in [7, 11) is 0. The molecule has 21 heavy (non-hydrogen) atoms. The van der Waals surface area contributed by atoms with Crippen LogP contribution in [0.2, 0.25) is 0 Å². The van der Waals surface area contributed by atoms with Gasteiger partial charge in [-0.25, -0.2) is 0 Å². The monoisotopic (exact) mass is 292 g/mol. The van der Waals surface area contributed by atoms with Crippen LogP contribution in [0.15, 0.2) is 18.2 Å². The number of Topliss-reactive ketones (excluding diaryl/α,β-unsaturated/α-hetero) is 1. The van der Waals surface area contributed by atoms with Crippen LogP contribution in [0, 0.1) is 0 Å². The Kier molecular flexibility index (Phi) is 5.16.